The van der Waals surface area contributed by atoms with Crippen LogP contribution in [0, 0.1) is 10.7 Å². The van der Waals surface area contributed by atoms with Crippen LogP contribution in [0.1, 0.15) is 12.8 Å². The number of nitrogens with zero attached hydrogens (tertiary/aromatic N) is 4. The molecule has 0 spiro atoms. The molecular formula is C14H17F3N4S2. The van der Waals surface area contributed by atoms with E-state index in [1.807, 2.05) is 24.6 Å². The van der Waals surface area contributed by atoms with Gasteiger partial charge in [-0.05, 0) is 43.1 Å². The van der Waals surface area contributed by atoms with Gasteiger partial charge in [-0.1, -0.05) is 6.07 Å². The maximum absolute atomic E-state index is 12.9. The number of hydrogen-bond donors (Lipinski definition) is 0. The molecule has 0 N–H and O–H groups in total. The Morgan fingerprint density at radius 2 is 2.22 bits per heavy atom. The van der Waals surface area contributed by atoms with Crippen molar-refractivity contribution in [3.8, 4) is 10.7 Å². The highest BCUT2D eigenvalue weighted by atomic mass is 32.1. The summed E-state index contributed by atoms with van der Waals surface area (Å²) in [4.78, 5) is 2.77. The molecule has 3 rings (SSSR count). The number of halogens is 3. The molecule has 0 aliphatic carbocycles. The monoisotopic (exact) mass is 362 g/mol. The summed E-state index contributed by atoms with van der Waals surface area (Å²) in [6, 6.07) is 3.88. The lowest BCUT2D eigenvalue weighted by Crippen LogP contribution is -2.42. The minimum atomic E-state index is -4.13. The first-order valence-corrected chi connectivity index (χ1v) is 8.62. The topological polar surface area (TPSA) is 26.0 Å². The zero-order valence-corrected chi connectivity index (χ0v) is 14.2. The van der Waals surface area contributed by atoms with E-state index in [1.165, 1.54) is 0 Å². The second kappa shape index (κ2) is 6.37. The van der Waals surface area contributed by atoms with Gasteiger partial charge in [0.1, 0.15) is 0 Å². The van der Waals surface area contributed by atoms with Crippen LogP contribution in [-0.2, 0) is 13.7 Å². The van der Waals surface area contributed by atoms with Gasteiger partial charge in [-0.2, -0.15) is 13.2 Å². The molecule has 1 aliphatic heterocycles. The van der Waals surface area contributed by atoms with Gasteiger partial charge < -0.3 is 4.57 Å². The highest BCUT2D eigenvalue weighted by Crippen LogP contribution is 2.33. The summed E-state index contributed by atoms with van der Waals surface area (Å²) in [6.07, 6.45) is -3.39. The molecule has 1 fully saturated rings. The van der Waals surface area contributed by atoms with Crippen LogP contribution in [0.2, 0.25) is 0 Å². The van der Waals surface area contributed by atoms with Gasteiger partial charge in [-0.3, -0.25) is 4.90 Å². The fourth-order valence-corrected chi connectivity index (χ4v) is 3.77. The number of hydrogen-bond acceptors (Lipinski definition) is 4. The summed E-state index contributed by atoms with van der Waals surface area (Å²) < 4.78 is 42.7. The van der Waals surface area contributed by atoms with Crippen LogP contribution >= 0.6 is 23.6 Å². The van der Waals surface area contributed by atoms with E-state index in [2.05, 4.69) is 5.10 Å². The molecule has 0 saturated carbocycles. The lowest BCUT2D eigenvalue weighted by Gasteiger charge is -2.33. The molecule has 2 aromatic heterocycles. The standard InChI is InChI=1S/C14H17F3N4S2/c1-19-12(11-5-3-7-23-11)18-21(13(19)22)9-20-6-2-4-10(8-20)14(15,16)17/h3,5,7,10H,2,4,6,8-9H2,1H3/t10-/m1/s1. The molecule has 0 bridgehead atoms. The van der Waals surface area contributed by atoms with Crippen molar-refractivity contribution in [3.63, 3.8) is 0 Å². The third-order valence-electron chi connectivity index (χ3n) is 4.08. The molecule has 1 aliphatic rings. The van der Waals surface area contributed by atoms with Gasteiger partial charge in [0.2, 0.25) is 0 Å². The number of aromatic nitrogens is 3. The zero-order chi connectivity index (χ0) is 16.6. The van der Waals surface area contributed by atoms with E-state index in [4.69, 9.17) is 12.2 Å². The van der Waals surface area contributed by atoms with Crippen molar-refractivity contribution in [2.24, 2.45) is 13.0 Å². The molecule has 0 aromatic carbocycles. The summed E-state index contributed by atoms with van der Waals surface area (Å²) in [7, 11) is 1.83. The summed E-state index contributed by atoms with van der Waals surface area (Å²) in [5, 5.41) is 6.45. The molecule has 3 heterocycles. The molecule has 0 amide bonds. The van der Waals surface area contributed by atoms with Gasteiger partial charge in [0, 0.05) is 13.6 Å². The van der Waals surface area contributed by atoms with Crippen LogP contribution in [-0.4, -0.2) is 38.5 Å². The third kappa shape index (κ3) is 3.51. The van der Waals surface area contributed by atoms with Crippen LogP contribution in [0.15, 0.2) is 17.5 Å². The molecule has 1 saturated heterocycles. The first kappa shape index (κ1) is 16.7. The van der Waals surface area contributed by atoms with Gasteiger partial charge in [-0.15, -0.1) is 16.4 Å². The third-order valence-corrected chi connectivity index (χ3v) is 5.44. The van der Waals surface area contributed by atoms with Crippen LogP contribution < -0.4 is 0 Å². The maximum Gasteiger partial charge on any atom is 0.393 e. The van der Waals surface area contributed by atoms with Crippen LogP contribution in [0.4, 0.5) is 13.2 Å². The van der Waals surface area contributed by atoms with Gasteiger partial charge in [-0.25, -0.2) is 4.68 Å². The van der Waals surface area contributed by atoms with E-state index in [0.29, 0.717) is 24.4 Å². The van der Waals surface area contributed by atoms with E-state index in [9.17, 15) is 13.2 Å². The second-order valence-corrected chi connectivity index (χ2v) is 7.05. The van der Waals surface area contributed by atoms with E-state index in [0.717, 1.165) is 10.7 Å². The first-order chi connectivity index (χ1) is 10.9. The number of thiophene rings is 1. The summed E-state index contributed by atoms with van der Waals surface area (Å²) in [5.41, 5.74) is 0. The van der Waals surface area contributed by atoms with Crippen LogP contribution in [0.3, 0.4) is 0 Å². The smallest absolute Gasteiger partial charge is 0.302 e. The van der Waals surface area contributed by atoms with Crippen LogP contribution in [0.25, 0.3) is 10.7 Å². The number of alkyl halides is 3. The maximum atomic E-state index is 12.9. The molecule has 4 nitrogen and oxygen atoms in total. The highest BCUT2D eigenvalue weighted by molar-refractivity contribution is 7.71. The van der Waals surface area contributed by atoms with Crippen molar-refractivity contribution in [2.45, 2.75) is 25.7 Å². The number of likely N-dealkylation sites (tertiary alicyclic amines) is 1. The Labute approximate surface area is 141 Å². The lowest BCUT2D eigenvalue weighted by molar-refractivity contribution is -0.188. The molecule has 126 valence electrons. The molecule has 9 heteroatoms. The van der Waals surface area contributed by atoms with E-state index in [1.54, 1.807) is 25.5 Å². The highest BCUT2D eigenvalue weighted by Gasteiger charge is 2.41. The van der Waals surface area contributed by atoms with Crippen molar-refractivity contribution >= 4 is 23.6 Å². The summed E-state index contributed by atoms with van der Waals surface area (Å²) in [5.74, 6) is -0.514. The second-order valence-electron chi connectivity index (χ2n) is 5.74. The molecule has 0 unspecified atom stereocenters. The van der Waals surface area contributed by atoms with Crippen molar-refractivity contribution < 1.29 is 13.2 Å². The van der Waals surface area contributed by atoms with E-state index >= 15 is 0 Å². The predicted octanol–water partition coefficient (Wildman–Crippen LogP) is 3.91. The average Bonchev–Trinajstić information content (AvgIpc) is 3.11. The molecule has 2 aromatic rings. The Kier molecular flexibility index (Phi) is 4.61. The average molecular weight is 362 g/mol. The van der Waals surface area contributed by atoms with Gasteiger partial charge in [0.25, 0.3) is 0 Å². The zero-order valence-electron chi connectivity index (χ0n) is 12.6. The fraction of sp³-hybridized carbons (Fsp3) is 0.571. The minimum absolute atomic E-state index is 0.0101. The van der Waals surface area contributed by atoms with E-state index < -0.39 is 12.1 Å². The van der Waals surface area contributed by atoms with Crippen LogP contribution in [0.5, 0.6) is 0 Å². The predicted molar refractivity (Wildman–Crippen MR) is 85.7 cm³/mol. The Hall–Kier alpha value is -1.19. The van der Waals surface area contributed by atoms with Crippen molar-refractivity contribution in [1.82, 2.24) is 19.2 Å². The fourth-order valence-electron chi connectivity index (χ4n) is 2.84. The van der Waals surface area contributed by atoms with Crippen molar-refractivity contribution in [3.05, 3.63) is 22.3 Å². The molecular weight excluding hydrogens is 345 g/mol. The Balaban J connectivity index is 1.78. The largest absolute Gasteiger partial charge is 0.393 e. The SMILES string of the molecule is Cn1c(-c2cccs2)nn(CN2CCC[C@@H](C(F)(F)F)C2)c1=S. The Bertz CT molecular complexity index is 717. The Morgan fingerprint density at radius 1 is 1.43 bits per heavy atom. The molecule has 23 heavy (non-hydrogen) atoms. The lowest BCUT2D eigenvalue weighted by atomic mass is 9.98. The quantitative estimate of drug-likeness (QED) is 0.775. The molecule has 1 atom stereocenters. The van der Waals surface area contributed by atoms with Gasteiger partial charge >= 0.3 is 6.18 Å². The summed E-state index contributed by atoms with van der Waals surface area (Å²) in [6.45, 7) is 0.945. The van der Waals surface area contributed by atoms with Gasteiger partial charge in [0.05, 0.1) is 17.5 Å². The minimum Gasteiger partial charge on any atom is -0.302 e. The summed E-state index contributed by atoms with van der Waals surface area (Å²) >= 11 is 6.94. The van der Waals surface area contributed by atoms with Crippen molar-refractivity contribution in [2.75, 3.05) is 13.1 Å². The van der Waals surface area contributed by atoms with Gasteiger partial charge in [0.15, 0.2) is 10.6 Å². The number of piperidine rings is 1. The van der Waals surface area contributed by atoms with Crippen molar-refractivity contribution in [1.29, 1.82) is 0 Å². The van der Waals surface area contributed by atoms with E-state index in [-0.39, 0.29) is 13.0 Å². The number of rotatable bonds is 3. The normalized spacial score (nSPS) is 20.1. The Morgan fingerprint density at radius 3 is 2.87 bits per heavy atom. The first-order valence-electron chi connectivity index (χ1n) is 7.33. The molecule has 0 radical (unpaired) electrons.